The van der Waals surface area contributed by atoms with Gasteiger partial charge >= 0.3 is 169 Å². The van der Waals surface area contributed by atoms with Crippen LogP contribution in [0.2, 0.25) is 12.6 Å². The number of benzene rings is 2. The molecule has 26 heavy (non-hydrogen) atoms. The summed E-state index contributed by atoms with van der Waals surface area (Å²) in [5, 5.41) is 15.0. The van der Waals surface area contributed by atoms with Gasteiger partial charge in [0.2, 0.25) is 0 Å². The predicted molar refractivity (Wildman–Crippen MR) is 117 cm³/mol. The van der Waals surface area contributed by atoms with Gasteiger partial charge in [0.1, 0.15) is 0 Å². The number of halogens is 1. The van der Waals surface area contributed by atoms with E-state index in [1.54, 1.807) is 6.07 Å². The van der Waals surface area contributed by atoms with Crippen LogP contribution in [0.5, 0.6) is 5.75 Å². The maximum atomic E-state index is 10.2. The van der Waals surface area contributed by atoms with Crippen molar-refractivity contribution in [3.8, 4) is 15.8 Å². The topological polar surface area (TPSA) is 32.6 Å². The van der Waals surface area contributed by atoms with Crippen LogP contribution in [-0.4, -0.2) is 27.7 Å². The molecule has 1 aliphatic heterocycles. The molecule has 2 aromatic carbocycles. The van der Waals surface area contributed by atoms with E-state index in [0.29, 0.717) is 5.75 Å². The molecular weight excluding hydrogens is 469 g/mol. The monoisotopic (exact) mass is 489 g/mol. The first kappa shape index (κ1) is 18.0. The SMILES string of the molecule is C=c1ccc2c(c1-c1ccc(Br)[se]1)[Si](C)(CCC)c1cc(O)ccc1N=2. The van der Waals surface area contributed by atoms with Gasteiger partial charge < -0.3 is 0 Å². The summed E-state index contributed by atoms with van der Waals surface area (Å²) in [5.74, 6) is 0.332. The number of fused-ring (bicyclic) bond motifs is 2. The van der Waals surface area contributed by atoms with Crippen molar-refractivity contribution >= 4 is 61.1 Å². The zero-order valence-corrected chi connectivity index (χ0v) is 19.1. The fraction of sp³-hybridized carbons (Fsp3) is 0.190. The second-order valence-electron chi connectivity index (χ2n) is 6.99. The van der Waals surface area contributed by atoms with Crippen molar-refractivity contribution in [2.45, 2.75) is 25.9 Å². The van der Waals surface area contributed by atoms with Crippen molar-refractivity contribution in [1.82, 2.24) is 0 Å². The van der Waals surface area contributed by atoms with Crippen LogP contribution in [0.1, 0.15) is 13.3 Å². The average molecular weight is 489 g/mol. The fourth-order valence-electron chi connectivity index (χ4n) is 4.10. The Hall–Kier alpha value is -1.39. The number of rotatable bonds is 3. The number of phenols is 1. The van der Waals surface area contributed by atoms with E-state index in [1.165, 1.54) is 23.7 Å². The molecule has 0 spiro atoms. The molecule has 0 fully saturated rings. The molecule has 0 saturated carbocycles. The standard InChI is InChI=1S/C21H20BrNOSeSi/c1-4-11-26(3)18-12-14(24)6-8-15(18)23-16-7-5-13(2)20(21(16)26)17-9-10-19(22)25-17/h5-10,12,24H,2,4,11H2,1,3H3. The number of hydrogen-bond donors (Lipinski definition) is 1. The molecule has 3 aromatic rings. The molecule has 2 heterocycles. The number of nitrogens with zero attached hydrogens (tertiary/aromatic N) is 1. The molecule has 2 nitrogen and oxygen atoms in total. The Balaban J connectivity index is 2.14. The predicted octanol–water partition coefficient (Wildman–Crippen LogP) is 3.16. The van der Waals surface area contributed by atoms with Crippen LogP contribution in [0.15, 0.2) is 50.8 Å². The van der Waals surface area contributed by atoms with E-state index < -0.39 is 8.07 Å². The van der Waals surface area contributed by atoms with Crippen LogP contribution in [0.25, 0.3) is 16.6 Å². The van der Waals surface area contributed by atoms with Gasteiger partial charge in [-0.25, -0.2) is 0 Å². The van der Waals surface area contributed by atoms with E-state index in [2.05, 4.69) is 60.2 Å². The van der Waals surface area contributed by atoms with Crippen molar-refractivity contribution in [3.63, 3.8) is 0 Å². The third kappa shape index (κ3) is 2.78. The molecule has 5 heteroatoms. The zero-order chi connectivity index (χ0) is 18.5. The van der Waals surface area contributed by atoms with Gasteiger partial charge in [-0.1, -0.05) is 0 Å². The number of aromatic hydroxyl groups is 1. The molecule has 1 N–H and O–H groups in total. The van der Waals surface area contributed by atoms with Gasteiger partial charge in [-0.3, -0.25) is 0 Å². The van der Waals surface area contributed by atoms with Crippen molar-refractivity contribution in [1.29, 1.82) is 0 Å². The molecule has 0 bridgehead atoms. The summed E-state index contributed by atoms with van der Waals surface area (Å²) in [4.78, 5) is 4.97. The molecule has 1 atom stereocenters. The van der Waals surface area contributed by atoms with Crippen molar-refractivity contribution < 1.29 is 5.11 Å². The Bertz CT molecular complexity index is 1120. The van der Waals surface area contributed by atoms with E-state index in [4.69, 9.17) is 4.99 Å². The molecule has 1 aromatic heterocycles. The molecule has 0 amide bonds. The van der Waals surface area contributed by atoms with Gasteiger partial charge in [-0.2, -0.15) is 0 Å². The van der Waals surface area contributed by atoms with E-state index >= 15 is 0 Å². The number of hydrogen-bond acceptors (Lipinski definition) is 2. The molecular formula is C21H20BrNOSeSi. The first-order chi connectivity index (χ1) is 12.4. The summed E-state index contributed by atoms with van der Waals surface area (Å²) in [6.45, 7) is 9.03. The molecule has 1 unspecified atom stereocenters. The van der Waals surface area contributed by atoms with Gasteiger partial charge in [0.15, 0.2) is 0 Å². The molecule has 1 aliphatic rings. The third-order valence-corrected chi connectivity index (χ3v) is 12.9. The van der Waals surface area contributed by atoms with Crippen LogP contribution >= 0.6 is 15.9 Å². The van der Waals surface area contributed by atoms with E-state index in [9.17, 15) is 5.11 Å². The van der Waals surface area contributed by atoms with Crippen LogP contribution < -0.4 is 20.9 Å². The van der Waals surface area contributed by atoms with Gasteiger partial charge in [0, 0.05) is 0 Å². The van der Waals surface area contributed by atoms with Gasteiger partial charge in [0.25, 0.3) is 0 Å². The van der Waals surface area contributed by atoms with Crippen molar-refractivity contribution in [3.05, 3.63) is 56.4 Å². The Labute approximate surface area is 168 Å². The summed E-state index contributed by atoms with van der Waals surface area (Å²) in [5.41, 5.74) is 2.32. The Kier molecular flexibility index (Phi) is 4.60. The van der Waals surface area contributed by atoms with Gasteiger partial charge in [-0.15, -0.1) is 0 Å². The zero-order valence-electron chi connectivity index (χ0n) is 14.8. The van der Waals surface area contributed by atoms with E-state index in [-0.39, 0.29) is 14.5 Å². The summed E-state index contributed by atoms with van der Waals surface area (Å²) in [6.07, 6.45) is 1.12. The number of phenolic OH excluding ortho intramolecular Hbond substituents is 1. The second-order valence-corrected chi connectivity index (χ2v) is 15.5. The first-order valence-corrected chi connectivity index (χ1v) is 14.0. The van der Waals surface area contributed by atoms with E-state index in [0.717, 1.165) is 28.7 Å². The average Bonchev–Trinajstić information content (AvgIpc) is 3.03. The molecule has 0 saturated heterocycles. The molecule has 0 aliphatic carbocycles. The van der Waals surface area contributed by atoms with E-state index in [1.807, 2.05) is 12.1 Å². The summed E-state index contributed by atoms with van der Waals surface area (Å²) < 4.78 is 2.64. The summed E-state index contributed by atoms with van der Waals surface area (Å²) in [6, 6.07) is 15.4. The normalized spacial score (nSPS) is 18.1. The van der Waals surface area contributed by atoms with Crippen LogP contribution in [0, 0.1) is 0 Å². The Morgan fingerprint density at radius 1 is 1.19 bits per heavy atom. The van der Waals surface area contributed by atoms with Gasteiger partial charge in [-0.05, 0) is 0 Å². The Morgan fingerprint density at radius 2 is 2.00 bits per heavy atom. The maximum absolute atomic E-state index is 10.2. The molecule has 4 rings (SSSR count). The van der Waals surface area contributed by atoms with Crippen LogP contribution in [0.3, 0.4) is 0 Å². The fourth-order valence-corrected chi connectivity index (χ4v) is 11.6. The minimum absolute atomic E-state index is 0.280. The van der Waals surface area contributed by atoms with Crippen LogP contribution in [0.4, 0.5) is 5.69 Å². The molecule has 0 radical (unpaired) electrons. The van der Waals surface area contributed by atoms with Crippen LogP contribution in [-0.2, 0) is 0 Å². The van der Waals surface area contributed by atoms with Crippen molar-refractivity contribution in [2.24, 2.45) is 4.99 Å². The molecule has 132 valence electrons. The quantitative estimate of drug-likeness (QED) is 0.564. The third-order valence-electron chi connectivity index (χ3n) is 5.21. The second kappa shape index (κ2) is 6.65. The summed E-state index contributed by atoms with van der Waals surface area (Å²) in [7, 11) is -2.04. The first-order valence-electron chi connectivity index (χ1n) is 8.74. The van der Waals surface area contributed by atoms with Crippen molar-refractivity contribution in [2.75, 3.05) is 0 Å². The minimum atomic E-state index is -2.04. The summed E-state index contributed by atoms with van der Waals surface area (Å²) >= 11 is 3.94. The Morgan fingerprint density at radius 3 is 2.69 bits per heavy atom. The van der Waals surface area contributed by atoms with Gasteiger partial charge in [0.05, 0.1) is 0 Å².